The van der Waals surface area contributed by atoms with E-state index in [1.165, 1.54) is 6.21 Å². The minimum atomic E-state index is -0.263. The Balaban J connectivity index is 2.40. The Morgan fingerprint density at radius 2 is 2.33 bits per heavy atom. The van der Waals surface area contributed by atoms with Crippen molar-refractivity contribution in [1.82, 2.24) is 0 Å². The average molecular weight is 160 g/mol. The minimum absolute atomic E-state index is 0.0357. The van der Waals surface area contributed by atoms with E-state index in [0.29, 0.717) is 0 Å². The van der Waals surface area contributed by atoms with Crippen molar-refractivity contribution in [2.75, 3.05) is 0 Å². The Morgan fingerprint density at radius 3 is 3.17 bits per heavy atom. The van der Waals surface area contributed by atoms with Crippen LogP contribution in [0.5, 0.6) is 0 Å². The van der Waals surface area contributed by atoms with Crippen molar-refractivity contribution in [3.8, 4) is 0 Å². The second kappa shape index (κ2) is 2.52. The zero-order valence-electron chi connectivity index (χ0n) is 6.69. The Hall–Kier alpha value is -1.51. The van der Waals surface area contributed by atoms with Crippen molar-refractivity contribution in [1.29, 1.82) is 0 Å². The third-order valence-electron chi connectivity index (χ3n) is 1.80. The summed E-state index contributed by atoms with van der Waals surface area (Å²) >= 11 is 0. The van der Waals surface area contributed by atoms with Gasteiger partial charge in [0.05, 0.1) is 11.9 Å². The van der Waals surface area contributed by atoms with Gasteiger partial charge in [-0.15, -0.1) is 0 Å². The van der Waals surface area contributed by atoms with Crippen molar-refractivity contribution in [2.45, 2.75) is 13.0 Å². The van der Waals surface area contributed by atoms with Crippen molar-refractivity contribution < 1.29 is 4.79 Å². The van der Waals surface area contributed by atoms with Crippen LogP contribution in [0, 0.1) is 0 Å². The Labute approximate surface area is 70.2 Å². The molecule has 60 valence electrons. The molecule has 0 aromatic carbocycles. The highest BCUT2D eigenvalue weighted by molar-refractivity contribution is 6.32. The summed E-state index contributed by atoms with van der Waals surface area (Å²) in [6.07, 6.45) is 7.08. The standard InChI is InChI=1S/C9H8N2O/c1-6-2-3-7-8(4-6)11-9(12)5-10-7/h2-5,7H,1H3. The molecule has 0 saturated heterocycles. The highest BCUT2D eigenvalue weighted by Gasteiger charge is 2.17. The number of rotatable bonds is 0. The quantitative estimate of drug-likeness (QED) is 0.519. The molecule has 2 rings (SSSR count). The van der Waals surface area contributed by atoms with Crippen LogP contribution in [0.1, 0.15) is 6.92 Å². The first kappa shape index (κ1) is 7.16. The van der Waals surface area contributed by atoms with Crippen molar-refractivity contribution in [2.24, 2.45) is 9.98 Å². The van der Waals surface area contributed by atoms with E-state index in [1.54, 1.807) is 0 Å². The van der Waals surface area contributed by atoms with E-state index in [-0.39, 0.29) is 11.9 Å². The molecule has 3 heteroatoms. The first-order valence-corrected chi connectivity index (χ1v) is 3.78. The van der Waals surface area contributed by atoms with Gasteiger partial charge >= 0.3 is 0 Å². The zero-order valence-corrected chi connectivity index (χ0v) is 6.69. The molecule has 0 aromatic rings. The number of hydrogen-bond donors (Lipinski definition) is 0. The number of amides is 1. The molecular formula is C9H8N2O. The fraction of sp³-hybridized carbons (Fsp3) is 0.222. The molecule has 1 unspecified atom stereocenters. The molecule has 0 saturated carbocycles. The lowest BCUT2D eigenvalue weighted by molar-refractivity contribution is -0.111. The van der Waals surface area contributed by atoms with Crippen LogP contribution in [0.3, 0.4) is 0 Å². The largest absolute Gasteiger partial charge is 0.288 e. The lowest BCUT2D eigenvalue weighted by Crippen LogP contribution is -2.23. The normalized spacial score (nSPS) is 26.4. The van der Waals surface area contributed by atoms with Crippen LogP contribution in [0.15, 0.2) is 33.8 Å². The first-order chi connectivity index (χ1) is 5.75. The number of nitrogens with zero attached hydrogens (tertiary/aromatic N) is 2. The summed E-state index contributed by atoms with van der Waals surface area (Å²) in [5, 5.41) is 0. The van der Waals surface area contributed by atoms with Gasteiger partial charge in [0, 0.05) is 0 Å². The van der Waals surface area contributed by atoms with E-state index in [4.69, 9.17) is 0 Å². The number of aliphatic imine (C=N–C) groups is 2. The summed E-state index contributed by atoms with van der Waals surface area (Å²) in [5.74, 6) is -0.263. The second-order valence-corrected chi connectivity index (χ2v) is 2.85. The SMILES string of the molecule is CC1=CC2=NC(=O)C=NC2C=C1. The fourth-order valence-corrected chi connectivity index (χ4v) is 1.23. The van der Waals surface area contributed by atoms with E-state index >= 15 is 0 Å². The van der Waals surface area contributed by atoms with E-state index in [9.17, 15) is 4.79 Å². The zero-order chi connectivity index (χ0) is 8.55. The van der Waals surface area contributed by atoms with Gasteiger partial charge in [0.15, 0.2) is 0 Å². The number of fused-ring (bicyclic) bond motifs is 1. The minimum Gasteiger partial charge on any atom is -0.273 e. The summed E-state index contributed by atoms with van der Waals surface area (Å²) in [5.41, 5.74) is 1.86. The highest BCUT2D eigenvalue weighted by atomic mass is 16.1. The van der Waals surface area contributed by atoms with Crippen molar-refractivity contribution in [3.63, 3.8) is 0 Å². The van der Waals surface area contributed by atoms with Crippen molar-refractivity contribution in [3.05, 3.63) is 23.8 Å². The molecule has 12 heavy (non-hydrogen) atoms. The Bertz CT molecular complexity index is 348. The maximum Gasteiger partial charge on any atom is 0.288 e. The van der Waals surface area contributed by atoms with Gasteiger partial charge in [-0.05, 0) is 18.6 Å². The topological polar surface area (TPSA) is 41.8 Å². The van der Waals surface area contributed by atoms with E-state index in [2.05, 4.69) is 9.98 Å². The van der Waals surface area contributed by atoms with Crippen LogP contribution >= 0.6 is 0 Å². The molecule has 1 amide bonds. The summed E-state index contributed by atoms with van der Waals surface area (Å²) in [4.78, 5) is 18.7. The summed E-state index contributed by atoms with van der Waals surface area (Å²) in [7, 11) is 0. The van der Waals surface area contributed by atoms with Gasteiger partial charge in [0.1, 0.15) is 6.04 Å². The van der Waals surface area contributed by atoms with E-state index in [0.717, 1.165) is 11.3 Å². The fourth-order valence-electron chi connectivity index (χ4n) is 1.23. The molecule has 1 aliphatic carbocycles. The Morgan fingerprint density at radius 1 is 1.50 bits per heavy atom. The monoisotopic (exact) mass is 160 g/mol. The second-order valence-electron chi connectivity index (χ2n) is 2.85. The summed E-state index contributed by atoms with van der Waals surface area (Å²) < 4.78 is 0. The molecule has 0 aromatic heterocycles. The van der Waals surface area contributed by atoms with Gasteiger partial charge in [-0.3, -0.25) is 9.79 Å². The number of hydrogen-bond acceptors (Lipinski definition) is 2. The molecule has 0 bridgehead atoms. The molecular weight excluding hydrogens is 152 g/mol. The van der Waals surface area contributed by atoms with Gasteiger partial charge in [0.2, 0.25) is 0 Å². The summed E-state index contributed by atoms with van der Waals surface area (Å²) in [6, 6.07) is -0.0357. The van der Waals surface area contributed by atoms with Gasteiger partial charge in [-0.25, -0.2) is 4.99 Å². The molecule has 2 aliphatic rings. The van der Waals surface area contributed by atoms with Gasteiger partial charge in [-0.1, -0.05) is 12.2 Å². The maximum absolute atomic E-state index is 10.8. The van der Waals surface area contributed by atoms with Gasteiger partial charge in [0.25, 0.3) is 5.91 Å². The lowest BCUT2D eigenvalue weighted by Gasteiger charge is -2.14. The van der Waals surface area contributed by atoms with E-state index in [1.807, 2.05) is 25.2 Å². The number of allylic oxidation sites excluding steroid dienone is 2. The smallest absolute Gasteiger partial charge is 0.273 e. The maximum atomic E-state index is 10.8. The number of carbonyl (C=O) groups is 1. The van der Waals surface area contributed by atoms with Gasteiger partial charge in [-0.2, -0.15) is 0 Å². The third-order valence-corrected chi connectivity index (χ3v) is 1.80. The highest BCUT2D eigenvalue weighted by Crippen LogP contribution is 2.12. The molecule has 0 radical (unpaired) electrons. The number of carbonyl (C=O) groups excluding carboxylic acids is 1. The molecule has 1 aliphatic heterocycles. The Kier molecular flexibility index (Phi) is 1.50. The van der Waals surface area contributed by atoms with Gasteiger partial charge < -0.3 is 0 Å². The third kappa shape index (κ3) is 1.13. The molecule has 1 heterocycles. The van der Waals surface area contributed by atoms with Crippen LogP contribution in [0.4, 0.5) is 0 Å². The van der Waals surface area contributed by atoms with E-state index < -0.39 is 0 Å². The van der Waals surface area contributed by atoms with Crippen LogP contribution in [0.25, 0.3) is 0 Å². The van der Waals surface area contributed by atoms with Crippen LogP contribution in [-0.4, -0.2) is 23.9 Å². The van der Waals surface area contributed by atoms with Crippen LogP contribution in [0.2, 0.25) is 0 Å². The molecule has 0 spiro atoms. The van der Waals surface area contributed by atoms with Crippen LogP contribution < -0.4 is 0 Å². The molecule has 1 atom stereocenters. The summed E-state index contributed by atoms with van der Waals surface area (Å²) in [6.45, 7) is 1.97. The first-order valence-electron chi connectivity index (χ1n) is 3.78. The van der Waals surface area contributed by atoms with Crippen LogP contribution in [-0.2, 0) is 4.79 Å². The predicted octanol–water partition coefficient (Wildman–Crippen LogP) is 0.923. The predicted molar refractivity (Wildman–Crippen MR) is 47.6 cm³/mol. The lowest BCUT2D eigenvalue weighted by atomic mass is 10.0. The van der Waals surface area contributed by atoms with Crippen molar-refractivity contribution >= 4 is 17.8 Å². The average Bonchev–Trinajstić information content (AvgIpc) is 2.03. The molecule has 3 nitrogen and oxygen atoms in total. The molecule has 0 N–H and O–H groups in total. The molecule has 0 fully saturated rings.